The molecule has 1 aliphatic carbocycles. The van der Waals surface area contributed by atoms with E-state index < -0.39 is 11.6 Å². The number of amides is 4. The first-order valence-corrected chi connectivity index (χ1v) is 10.5. The van der Waals surface area contributed by atoms with Crippen LogP contribution in [-0.4, -0.2) is 50.2 Å². The molecule has 9 nitrogen and oxygen atoms in total. The highest BCUT2D eigenvalue weighted by molar-refractivity contribution is 6.08. The molecule has 1 aromatic heterocycles. The quantitative estimate of drug-likeness (QED) is 0.546. The number of nitrogens with zero attached hydrogens (tertiary/aromatic N) is 3. The predicted molar refractivity (Wildman–Crippen MR) is 112 cm³/mol. The summed E-state index contributed by atoms with van der Waals surface area (Å²) in [5.74, 6) is -0.405. The van der Waals surface area contributed by atoms with Gasteiger partial charge in [-0.15, -0.1) is 0 Å². The van der Waals surface area contributed by atoms with Gasteiger partial charge >= 0.3 is 6.03 Å². The van der Waals surface area contributed by atoms with Crippen LogP contribution in [0, 0.1) is 0 Å². The molecule has 2 aliphatic rings. The number of imidazole rings is 1. The molecule has 4 rings (SSSR count). The minimum absolute atomic E-state index is 0.00317. The van der Waals surface area contributed by atoms with Gasteiger partial charge in [0.05, 0.1) is 0 Å². The molecule has 4 amide bonds. The van der Waals surface area contributed by atoms with E-state index in [2.05, 4.69) is 15.6 Å². The van der Waals surface area contributed by atoms with Crippen molar-refractivity contribution in [3.63, 3.8) is 0 Å². The number of aromatic nitrogens is 2. The largest absolute Gasteiger partial charge is 0.331 e. The number of hydrogen-bond donors (Lipinski definition) is 2. The van der Waals surface area contributed by atoms with E-state index in [0.29, 0.717) is 29.9 Å². The van der Waals surface area contributed by atoms with Gasteiger partial charge in [0.25, 0.3) is 5.91 Å². The summed E-state index contributed by atoms with van der Waals surface area (Å²) in [4.78, 5) is 55.0. The van der Waals surface area contributed by atoms with E-state index in [-0.39, 0.29) is 30.6 Å². The standard InChI is InChI=1S/C22H25N5O4/c1-26-14-12-23-19(26)18(29)15-5-7-16(8-6-15)24-17(28)9-13-27-20(30)22(25-21(27)31)10-3-2-4-11-22/h5-8,12,14H,2-4,9-11,13H2,1H3,(H,24,28)(H,25,31). The minimum atomic E-state index is -0.776. The van der Waals surface area contributed by atoms with Crippen LogP contribution in [0.4, 0.5) is 10.5 Å². The van der Waals surface area contributed by atoms with Crippen molar-refractivity contribution in [2.75, 3.05) is 11.9 Å². The second-order valence-corrected chi connectivity index (χ2v) is 8.10. The van der Waals surface area contributed by atoms with Crippen molar-refractivity contribution in [1.82, 2.24) is 19.8 Å². The van der Waals surface area contributed by atoms with E-state index in [9.17, 15) is 19.2 Å². The molecular formula is C22H25N5O4. The van der Waals surface area contributed by atoms with Crippen molar-refractivity contribution >= 4 is 29.3 Å². The fourth-order valence-corrected chi connectivity index (χ4v) is 4.23. The number of aryl methyl sites for hydroxylation is 1. The smallest absolute Gasteiger partial charge is 0.325 e. The van der Waals surface area contributed by atoms with Crippen LogP contribution >= 0.6 is 0 Å². The number of rotatable bonds is 6. The van der Waals surface area contributed by atoms with E-state index in [4.69, 9.17) is 0 Å². The number of urea groups is 1. The van der Waals surface area contributed by atoms with Gasteiger partial charge in [-0.3, -0.25) is 19.3 Å². The maximum Gasteiger partial charge on any atom is 0.325 e. The van der Waals surface area contributed by atoms with Gasteiger partial charge in [0.2, 0.25) is 11.7 Å². The number of hydrogen-bond acceptors (Lipinski definition) is 5. The topological polar surface area (TPSA) is 113 Å². The van der Waals surface area contributed by atoms with Gasteiger partial charge in [-0.05, 0) is 37.1 Å². The van der Waals surface area contributed by atoms with Crippen molar-refractivity contribution in [2.45, 2.75) is 44.1 Å². The monoisotopic (exact) mass is 423 g/mol. The summed E-state index contributed by atoms with van der Waals surface area (Å²) >= 11 is 0. The lowest BCUT2D eigenvalue weighted by atomic mass is 9.82. The Labute approximate surface area is 179 Å². The zero-order valence-corrected chi connectivity index (χ0v) is 17.4. The van der Waals surface area contributed by atoms with E-state index in [1.165, 1.54) is 0 Å². The van der Waals surface area contributed by atoms with Crippen LogP contribution in [0.15, 0.2) is 36.7 Å². The van der Waals surface area contributed by atoms with Crippen LogP contribution in [0.2, 0.25) is 0 Å². The molecule has 2 N–H and O–H groups in total. The molecule has 162 valence electrons. The van der Waals surface area contributed by atoms with E-state index in [0.717, 1.165) is 24.2 Å². The molecule has 31 heavy (non-hydrogen) atoms. The third-order valence-electron chi connectivity index (χ3n) is 5.97. The maximum atomic E-state index is 12.8. The third-order valence-corrected chi connectivity index (χ3v) is 5.97. The molecule has 1 spiro atoms. The fraction of sp³-hybridized carbons (Fsp3) is 0.409. The summed E-state index contributed by atoms with van der Waals surface area (Å²) in [6, 6.07) is 6.10. The summed E-state index contributed by atoms with van der Waals surface area (Å²) in [6.45, 7) is 0.0357. The van der Waals surface area contributed by atoms with Crippen LogP contribution in [0.1, 0.15) is 54.7 Å². The van der Waals surface area contributed by atoms with Crippen molar-refractivity contribution < 1.29 is 19.2 Å². The van der Waals surface area contributed by atoms with E-state index in [1.54, 1.807) is 48.3 Å². The molecule has 0 unspecified atom stereocenters. The van der Waals surface area contributed by atoms with Crippen LogP contribution in [0.25, 0.3) is 0 Å². The van der Waals surface area contributed by atoms with Crippen LogP contribution in [0.5, 0.6) is 0 Å². The number of carbonyl (C=O) groups is 4. The zero-order chi connectivity index (χ0) is 22.0. The Balaban J connectivity index is 1.32. The van der Waals surface area contributed by atoms with Gasteiger partial charge in [0.15, 0.2) is 5.82 Å². The Morgan fingerprint density at radius 3 is 2.48 bits per heavy atom. The molecule has 1 saturated carbocycles. The van der Waals surface area contributed by atoms with Crippen molar-refractivity contribution in [1.29, 1.82) is 0 Å². The lowest BCUT2D eigenvalue weighted by molar-refractivity contribution is -0.132. The summed E-state index contributed by atoms with van der Waals surface area (Å²) in [7, 11) is 1.75. The Bertz CT molecular complexity index is 1020. The average molecular weight is 423 g/mol. The number of imide groups is 1. The highest BCUT2D eigenvalue weighted by Gasteiger charge is 2.51. The van der Waals surface area contributed by atoms with Gasteiger partial charge in [-0.2, -0.15) is 0 Å². The molecule has 0 atom stereocenters. The highest BCUT2D eigenvalue weighted by atomic mass is 16.2. The van der Waals surface area contributed by atoms with E-state index in [1.807, 2.05) is 0 Å². The van der Waals surface area contributed by atoms with Crippen LogP contribution < -0.4 is 10.6 Å². The minimum Gasteiger partial charge on any atom is -0.331 e. The molecule has 1 aliphatic heterocycles. The average Bonchev–Trinajstić information content (AvgIpc) is 3.28. The summed E-state index contributed by atoms with van der Waals surface area (Å²) in [5, 5.41) is 5.58. The first kappa shape index (κ1) is 20.8. The lowest BCUT2D eigenvalue weighted by Gasteiger charge is -2.30. The predicted octanol–water partition coefficient (Wildman–Crippen LogP) is 2.23. The summed E-state index contributed by atoms with van der Waals surface area (Å²) in [6.07, 6.45) is 7.47. The first-order valence-electron chi connectivity index (χ1n) is 10.5. The number of ketones is 1. The molecule has 2 aromatic rings. The summed E-state index contributed by atoms with van der Waals surface area (Å²) < 4.78 is 1.64. The highest BCUT2D eigenvalue weighted by Crippen LogP contribution is 2.33. The molecule has 1 aromatic carbocycles. The van der Waals surface area contributed by atoms with Crippen LogP contribution in [-0.2, 0) is 16.6 Å². The lowest BCUT2D eigenvalue weighted by Crippen LogP contribution is -2.48. The molecule has 2 fully saturated rings. The van der Waals surface area contributed by atoms with E-state index >= 15 is 0 Å². The molecule has 1 saturated heterocycles. The first-order chi connectivity index (χ1) is 14.9. The number of carbonyl (C=O) groups excluding carboxylic acids is 4. The van der Waals surface area contributed by atoms with Gasteiger partial charge in [0.1, 0.15) is 5.54 Å². The molecule has 2 heterocycles. The van der Waals surface area contributed by atoms with Gasteiger partial charge in [-0.1, -0.05) is 19.3 Å². The fourth-order valence-electron chi connectivity index (χ4n) is 4.23. The van der Waals surface area contributed by atoms with Gasteiger partial charge < -0.3 is 15.2 Å². The molecule has 0 bridgehead atoms. The Morgan fingerprint density at radius 1 is 1.13 bits per heavy atom. The number of benzene rings is 1. The third kappa shape index (κ3) is 4.08. The van der Waals surface area contributed by atoms with Crippen molar-refractivity contribution in [3.8, 4) is 0 Å². The Kier molecular flexibility index (Phi) is 5.58. The van der Waals surface area contributed by atoms with Crippen molar-refractivity contribution in [3.05, 3.63) is 48.0 Å². The second kappa shape index (κ2) is 8.33. The summed E-state index contributed by atoms with van der Waals surface area (Å²) in [5.41, 5.74) is 0.216. The molecule has 9 heteroatoms. The maximum absolute atomic E-state index is 12.8. The number of anilines is 1. The number of nitrogens with one attached hydrogen (secondary N) is 2. The van der Waals surface area contributed by atoms with Crippen molar-refractivity contribution in [2.24, 2.45) is 7.05 Å². The second-order valence-electron chi connectivity index (χ2n) is 8.10. The normalized spacial score (nSPS) is 17.6. The van der Waals surface area contributed by atoms with Crippen LogP contribution in [0.3, 0.4) is 0 Å². The molecular weight excluding hydrogens is 398 g/mol. The SMILES string of the molecule is Cn1ccnc1C(=O)c1ccc(NC(=O)CCN2C(=O)NC3(CCCCC3)C2=O)cc1. The van der Waals surface area contributed by atoms with Gasteiger partial charge in [0, 0.05) is 43.7 Å². The van der Waals surface area contributed by atoms with Gasteiger partial charge in [-0.25, -0.2) is 9.78 Å². The molecule has 0 radical (unpaired) electrons. The Morgan fingerprint density at radius 2 is 1.84 bits per heavy atom. The zero-order valence-electron chi connectivity index (χ0n) is 17.4. The Hall–Kier alpha value is -3.49.